The van der Waals surface area contributed by atoms with Gasteiger partial charge in [-0.1, -0.05) is 0 Å². The van der Waals surface area contributed by atoms with E-state index in [0.717, 1.165) is 29.0 Å². The predicted molar refractivity (Wildman–Crippen MR) is 111 cm³/mol. The number of H-pyrrole nitrogens is 1. The molecule has 29 heavy (non-hydrogen) atoms. The second kappa shape index (κ2) is 7.60. The summed E-state index contributed by atoms with van der Waals surface area (Å²) >= 11 is 0. The number of ether oxygens (including phenoxy) is 1. The van der Waals surface area contributed by atoms with E-state index in [2.05, 4.69) is 50.5 Å². The molecule has 4 aromatic heterocycles. The van der Waals surface area contributed by atoms with Crippen molar-refractivity contribution in [1.82, 2.24) is 24.5 Å². The van der Waals surface area contributed by atoms with E-state index in [4.69, 9.17) is 4.74 Å². The van der Waals surface area contributed by atoms with Crippen molar-refractivity contribution in [2.24, 2.45) is 0 Å². The minimum Gasteiger partial charge on any atom is -0.481 e. The lowest BCUT2D eigenvalue weighted by Crippen LogP contribution is -2.03. The highest BCUT2D eigenvalue weighted by molar-refractivity contribution is 5.90. The first-order chi connectivity index (χ1) is 14.1. The Morgan fingerprint density at radius 2 is 2.07 bits per heavy atom. The van der Waals surface area contributed by atoms with Crippen molar-refractivity contribution in [3.63, 3.8) is 0 Å². The quantitative estimate of drug-likeness (QED) is 0.527. The average molecular weight is 384 g/mol. The molecule has 4 rings (SSSR count). The van der Waals surface area contributed by atoms with Crippen LogP contribution >= 0.6 is 0 Å². The van der Waals surface area contributed by atoms with Crippen LogP contribution in [0.25, 0.3) is 22.7 Å². The summed E-state index contributed by atoms with van der Waals surface area (Å²) < 4.78 is 7.37. The molecule has 0 bridgehead atoms. The van der Waals surface area contributed by atoms with Crippen LogP contribution in [0.2, 0.25) is 0 Å². The molecule has 0 atom stereocenters. The fraction of sp³-hybridized carbons (Fsp3) is 0.182. The van der Waals surface area contributed by atoms with Gasteiger partial charge < -0.3 is 14.3 Å². The molecule has 0 amide bonds. The third-order valence-corrected chi connectivity index (χ3v) is 4.93. The number of aryl methyl sites for hydroxylation is 1. The lowest BCUT2D eigenvalue weighted by molar-refractivity contribution is 0.398. The molecule has 0 aliphatic rings. The summed E-state index contributed by atoms with van der Waals surface area (Å²) in [5, 5.41) is 9.74. The van der Waals surface area contributed by atoms with Crippen LogP contribution in [0.5, 0.6) is 5.88 Å². The first-order valence-electron chi connectivity index (χ1n) is 9.16. The van der Waals surface area contributed by atoms with Gasteiger partial charge in [-0.25, -0.2) is 9.97 Å². The highest BCUT2D eigenvalue weighted by Gasteiger charge is 2.13. The van der Waals surface area contributed by atoms with E-state index in [1.165, 1.54) is 5.56 Å². The van der Waals surface area contributed by atoms with Gasteiger partial charge in [0.25, 0.3) is 0 Å². The van der Waals surface area contributed by atoms with Gasteiger partial charge in [0.15, 0.2) is 0 Å². The number of imidazole rings is 1. The van der Waals surface area contributed by atoms with Gasteiger partial charge in [-0.05, 0) is 49.2 Å². The SMILES string of the molecule is COc1cc2nc(/C(C#N)=C/c3cc(C)n(Cc4ccncc4)c3C)[nH]c2cn1. The Morgan fingerprint density at radius 3 is 2.79 bits per heavy atom. The summed E-state index contributed by atoms with van der Waals surface area (Å²) in [5.74, 6) is 0.995. The maximum Gasteiger partial charge on any atom is 0.215 e. The molecular weight excluding hydrogens is 364 g/mol. The summed E-state index contributed by atoms with van der Waals surface area (Å²) in [4.78, 5) is 15.9. The highest BCUT2D eigenvalue weighted by atomic mass is 16.5. The molecule has 4 heterocycles. The molecule has 0 saturated carbocycles. The van der Waals surface area contributed by atoms with Gasteiger partial charge in [-0.3, -0.25) is 4.98 Å². The van der Waals surface area contributed by atoms with Crippen LogP contribution in [0, 0.1) is 25.2 Å². The molecule has 0 unspecified atom stereocenters. The number of aromatic amines is 1. The number of aromatic nitrogens is 5. The van der Waals surface area contributed by atoms with E-state index in [1.807, 2.05) is 18.2 Å². The molecule has 0 aliphatic carbocycles. The Hall–Kier alpha value is -3.92. The molecule has 0 fully saturated rings. The first-order valence-corrected chi connectivity index (χ1v) is 9.16. The fourth-order valence-electron chi connectivity index (χ4n) is 3.33. The van der Waals surface area contributed by atoms with Crippen LogP contribution < -0.4 is 4.74 Å². The van der Waals surface area contributed by atoms with Crippen LogP contribution in [0.3, 0.4) is 0 Å². The predicted octanol–water partition coefficient (Wildman–Crippen LogP) is 3.89. The third-order valence-electron chi connectivity index (χ3n) is 4.93. The molecule has 4 aromatic rings. The van der Waals surface area contributed by atoms with Crippen LogP contribution in [0.15, 0.2) is 42.9 Å². The molecule has 0 aromatic carbocycles. The number of nitriles is 1. The van der Waals surface area contributed by atoms with E-state index in [0.29, 0.717) is 22.8 Å². The zero-order valence-electron chi connectivity index (χ0n) is 16.5. The minimum atomic E-state index is 0.462. The molecular formula is C22H20N6O. The first kappa shape index (κ1) is 18.4. The fourth-order valence-corrected chi connectivity index (χ4v) is 3.33. The number of methoxy groups -OCH3 is 1. The number of rotatable bonds is 5. The van der Waals surface area contributed by atoms with E-state index >= 15 is 0 Å². The topological polar surface area (TPSA) is 92.4 Å². The summed E-state index contributed by atoms with van der Waals surface area (Å²) in [6, 6.07) is 10.1. The highest BCUT2D eigenvalue weighted by Crippen LogP contribution is 2.24. The summed E-state index contributed by atoms with van der Waals surface area (Å²) in [5.41, 5.74) is 6.30. The van der Waals surface area contributed by atoms with Gasteiger partial charge in [0, 0.05) is 36.4 Å². The van der Waals surface area contributed by atoms with Crippen molar-refractivity contribution in [2.45, 2.75) is 20.4 Å². The van der Waals surface area contributed by atoms with Crippen molar-refractivity contribution in [3.8, 4) is 11.9 Å². The Kier molecular flexibility index (Phi) is 4.83. The monoisotopic (exact) mass is 384 g/mol. The summed E-state index contributed by atoms with van der Waals surface area (Å²) in [6.07, 6.45) is 7.11. The molecule has 144 valence electrons. The Labute approximate surface area is 168 Å². The van der Waals surface area contributed by atoms with E-state index < -0.39 is 0 Å². The minimum absolute atomic E-state index is 0.462. The zero-order valence-corrected chi connectivity index (χ0v) is 16.5. The smallest absolute Gasteiger partial charge is 0.215 e. The molecule has 0 aliphatic heterocycles. The van der Waals surface area contributed by atoms with E-state index in [-0.39, 0.29) is 0 Å². The van der Waals surface area contributed by atoms with Gasteiger partial charge >= 0.3 is 0 Å². The molecule has 7 nitrogen and oxygen atoms in total. The Balaban J connectivity index is 1.71. The number of fused-ring (bicyclic) bond motifs is 1. The van der Waals surface area contributed by atoms with E-state index in [1.54, 1.807) is 31.8 Å². The second-order valence-electron chi connectivity index (χ2n) is 6.77. The van der Waals surface area contributed by atoms with Crippen molar-refractivity contribution >= 4 is 22.7 Å². The maximum atomic E-state index is 9.74. The van der Waals surface area contributed by atoms with Crippen molar-refractivity contribution in [2.75, 3.05) is 7.11 Å². The number of allylic oxidation sites excluding steroid dienone is 1. The van der Waals surface area contributed by atoms with Crippen molar-refractivity contribution in [1.29, 1.82) is 5.26 Å². The van der Waals surface area contributed by atoms with Crippen LogP contribution in [-0.4, -0.2) is 31.6 Å². The molecule has 0 saturated heterocycles. The van der Waals surface area contributed by atoms with Crippen molar-refractivity contribution in [3.05, 3.63) is 71.2 Å². The number of hydrogen-bond acceptors (Lipinski definition) is 5. The molecule has 1 N–H and O–H groups in total. The molecule has 7 heteroatoms. The zero-order chi connectivity index (χ0) is 20.4. The summed E-state index contributed by atoms with van der Waals surface area (Å²) in [7, 11) is 1.56. The van der Waals surface area contributed by atoms with Gasteiger partial charge in [0.05, 0.1) is 29.9 Å². The largest absolute Gasteiger partial charge is 0.481 e. The number of nitrogens with one attached hydrogen (secondary N) is 1. The molecule has 0 radical (unpaired) electrons. The van der Waals surface area contributed by atoms with Gasteiger partial charge in [0.1, 0.15) is 11.9 Å². The van der Waals surface area contributed by atoms with Crippen molar-refractivity contribution < 1.29 is 4.74 Å². The van der Waals surface area contributed by atoms with Crippen LogP contribution in [-0.2, 0) is 6.54 Å². The Bertz CT molecular complexity index is 1240. The average Bonchev–Trinajstić information content (AvgIpc) is 3.28. The lowest BCUT2D eigenvalue weighted by atomic mass is 10.1. The number of nitrogens with zero attached hydrogens (tertiary/aromatic N) is 5. The Morgan fingerprint density at radius 1 is 1.28 bits per heavy atom. The van der Waals surface area contributed by atoms with Gasteiger partial charge in [-0.15, -0.1) is 0 Å². The molecule has 0 spiro atoms. The van der Waals surface area contributed by atoms with E-state index in [9.17, 15) is 5.26 Å². The lowest BCUT2D eigenvalue weighted by Gasteiger charge is -2.09. The van der Waals surface area contributed by atoms with Gasteiger partial charge in [0.2, 0.25) is 5.88 Å². The maximum absolute atomic E-state index is 9.74. The third kappa shape index (κ3) is 3.60. The van der Waals surface area contributed by atoms with Crippen LogP contribution in [0.1, 0.15) is 28.3 Å². The standard InChI is InChI=1S/C22H20N6O/c1-14-8-17(15(2)28(14)13-16-4-6-24-7-5-16)9-18(11-23)22-26-19-10-21(29-3)25-12-20(19)27-22/h4-10,12H,13H2,1-3H3,(H,26,27)/b18-9+. The summed E-state index contributed by atoms with van der Waals surface area (Å²) in [6.45, 7) is 4.88. The van der Waals surface area contributed by atoms with Gasteiger partial charge in [-0.2, -0.15) is 5.26 Å². The van der Waals surface area contributed by atoms with Crippen LogP contribution in [0.4, 0.5) is 0 Å². The number of hydrogen-bond donors (Lipinski definition) is 1. The number of pyridine rings is 2. The normalized spacial score (nSPS) is 11.6. The second-order valence-corrected chi connectivity index (χ2v) is 6.77.